The van der Waals surface area contributed by atoms with Crippen LogP contribution in [0.3, 0.4) is 0 Å². The lowest BCUT2D eigenvalue weighted by molar-refractivity contribution is -0.116. The molecule has 4 rings (SSSR count). The summed E-state index contributed by atoms with van der Waals surface area (Å²) in [6.45, 7) is 0. The van der Waals surface area contributed by atoms with Gasteiger partial charge in [-0.15, -0.1) is 0 Å². The smallest absolute Gasteiger partial charge is 0.227 e. The molecule has 0 saturated carbocycles. The molecule has 0 aliphatic rings. The van der Waals surface area contributed by atoms with Crippen molar-refractivity contribution in [3.8, 4) is 11.5 Å². The Balaban J connectivity index is 1.56. The first-order chi connectivity index (χ1) is 14.7. The van der Waals surface area contributed by atoms with Crippen LogP contribution in [0.25, 0.3) is 10.2 Å². The molecular formula is C24H22N2O3S. The van der Waals surface area contributed by atoms with Crippen LogP contribution in [0.15, 0.2) is 72.8 Å². The van der Waals surface area contributed by atoms with Crippen molar-refractivity contribution in [1.82, 2.24) is 4.98 Å². The molecule has 0 fully saturated rings. The highest BCUT2D eigenvalue weighted by atomic mass is 32.1. The van der Waals surface area contributed by atoms with E-state index >= 15 is 0 Å². The molecule has 30 heavy (non-hydrogen) atoms. The van der Waals surface area contributed by atoms with E-state index in [0.29, 0.717) is 23.1 Å². The SMILES string of the molecule is COc1cc2nc(NC(=O)CC(c3ccccc3)c3ccccc3)sc2cc1OC. The minimum absolute atomic E-state index is 0.0260. The van der Waals surface area contributed by atoms with E-state index in [4.69, 9.17) is 9.47 Å². The molecule has 5 nitrogen and oxygen atoms in total. The fourth-order valence-electron chi connectivity index (χ4n) is 3.46. The largest absolute Gasteiger partial charge is 0.493 e. The molecule has 0 aliphatic carbocycles. The highest BCUT2D eigenvalue weighted by Gasteiger charge is 2.19. The van der Waals surface area contributed by atoms with E-state index in [1.807, 2.05) is 48.5 Å². The molecule has 3 aromatic carbocycles. The Hall–Kier alpha value is -3.38. The first-order valence-corrected chi connectivity index (χ1v) is 10.4. The third-order valence-electron chi connectivity index (χ3n) is 4.93. The number of hydrogen-bond donors (Lipinski definition) is 1. The second-order valence-electron chi connectivity index (χ2n) is 6.82. The number of amides is 1. The van der Waals surface area contributed by atoms with Crippen molar-refractivity contribution in [1.29, 1.82) is 0 Å². The fraction of sp³-hybridized carbons (Fsp3) is 0.167. The van der Waals surface area contributed by atoms with Gasteiger partial charge in [-0.2, -0.15) is 0 Å². The van der Waals surface area contributed by atoms with E-state index in [-0.39, 0.29) is 11.8 Å². The summed E-state index contributed by atoms with van der Waals surface area (Å²) in [5.74, 6) is 1.15. The maximum absolute atomic E-state index is 12.9. The summed E-state index contributed by atoms with van der Waals surface area (Å²) in [5.41, 5.74) is 2.98. The van der Waals surface area contributed by atoms with E-state index in [1.54, 1.807) is 14.2 Å². The van der Waals surface area contributed by atoms with Gasteiger partial charge in [0.05, 0.1) is 24.4 Å². The highest BCUT2D eigenvalue weighted by Crippen LogP contribution is 2.36. The molecule has 0 saturated heterocycles. The average Bonchev–Trinajstić information content (AvgIpc) is 3.18. The number of carbonyl (C=O) groups is 1. The van der Waals surface area contributed by atoms with Crippen molar-refractivity contribution in [2.45, 2.75) is 12.3 Å². The van der Waals surface area contributed by atoms with Gasteiger partial charge in [0.1, 0.15) is 0 Å². The van der Waals surface area contributed by atoms with Gasteiger partial charge in [-0.25, -0.2) is 4.98 Å². The zero-order valence-corrected chi connectivity index (χ0v) is 17.6. The average molecular weight is 419 g/mol. The van der Waals surface area contributed by atoms with Crippen LogP contribution in [-0.2, 0) is 4.79 Å². The first kappa shape index (κ1) is 19.9. The number of anilines is 1. The summed E-state index contributed by atoms with van der Waals surface area (Å²) in [6.07, 6.45) is 0.330. The molecule has 1 heterocycles. The summed E-state index contributed by atoms with van der Waals surface area (Å²) >= 11 is 1.41. The van der Waals surface area contributed by atoms with Gasteiger partial charge >= 0.3 is 0 Å². The number of benzene rings is 3. The minimum Gasteiger partial charge on any atom is -0.493 e. The van der Waals surface area contributed by atoms with Crippen molar-refractivity contribution >= 4 is 32.6 Å². The molecule has 0 atom stereocenters. The van der Waals surface area contributed by atoms with Crippen LogP contribution < -0.4 is 14.8 Å². The lowest BCUT2D eigenvalue weighted by Gasteiger charge is -2.17. The van der Waals surface area contributed by atoms with E-state index < -0.39 is 0 Å². The molecule has 0 radical (unpaired) electrons. The van der Waals surface area contributed by atoms with Gasteiger partial charge in [0.2, 0.25) is 5.91 Å². The molecule has 0 unspecified atom stereocenters. The number of methoxy groups -OCH3 is 2. The number of thiazole rings is 1. The summed E-state index contributed by atoms with van der Waals surface area (Å²) in [4.78, 5) is 17.4. The van der Waals surface area contributed by atoms with Crippen LogP contribution in [0.2, 0.25) is 0 Å². The summed E-state index contributed by atoms with van der Waals surface area (Å²) in [6, 6.07) is 23.9. The number of rotatable bonds is 7. The number of nitrogens with zero attached hydrogens (tertiary/aromatic N) is 1. The van der Waals surface area contributed by atoms with Crippen LogP contribution in [-0.4, -0.2) is 25.1 Å². The molecule has 6 heteroatoms. The predicted molar refractivity (Wildman–Crippen MR) is 121 cm³/mol. The van der Waals surface area contributed by atoms with Crippen LogP contribution in [0.4, 0.5) is 5.13 Å². The molecular weight excluding hydrogens is 396 g/mol. The Morgan fingerprint density at radius 1 is 0.933 bits per heavy atom. The van der Waals surface area contributed by atoms with Gasteiger partial charge in [-0.1, -0.05) is 72.0 Å². The van der Waals surface area contributed by atoms with E-state index in [1.165, 1.54) is 11.3 Å². The van der Waals surface area contributed by atoms with Crippen molar-refractivity contribution in [3.05, 3.63) is 83.9 Å². The van der Waals surface area contributed by atoms with E-state index in [2.05, 4.69) is 34.6 Å². The van der Waals surface area contributed by atoms with Crippen LogP contribution in [0, 0.1) is 0 Å². The zero-order valence-electron chi connectivity index (χ0n) is 16.8. The molecule has 0 bridgehead atoms. The van der Waals surface area contributed by atoms with Crippen LogP contribution in [0.5, 0.6) is 11.5 Å². The number of hydrogen-bond acceptors (Lipinski definition) is 5. The number of carbonyl (C=O) groups excluding carboxylic acids is 1. The molecule has 1 amide bonds. The Morgan fingerprint density at radius 2 is 1.50 bits per heavy atom. The number of nitrogens with one attached hydrogen (secondary N) is 1. The first-order valence-electron chi connectivity index (χ1n) is 9.60. The Labute approximate surface area is 179 Å². The third-order valence-corrected chi connectivity index (χ3v) is 5.87. The molecule has 1 N–H and O–H groups in total. The lowest BCUT2D eigenvalue weighted by atomic mass is 9.88. The van der Waals surface area contributed by atoms with Gasteiger partial charge in [-0.3, -0.25) is 4.79 Å². The van der Waals surface area contributed by atoms with E-state index in [0.717, 1.165) is 21.3 Å². The number of aromatic nitrogens is 1. The number of fused-ring (bicyclic) bond motifs is 1. The van der Waals surface area contributed by atoms with Gasteiger partial charge in [0, 0.05) is 24.5 Å². The normalized spacial score (nSPS) is 10.9. The topological polar surface area (TPSA) is 60.5 Å². The van der Waals surface area contributed by atoms with Crippen molar-refractivity contribution < 1.29 is 14.3 Å². The minimum atomic E-state index is -0.0781. The summed E-state index contributed by atoms with van der Waals surface area (Å²) in [5, 5.41) is 3.52. The lowest BCUT2D eigenvalue weighted by Crippen LogP contribution is -2.16. The second kappa shape index (κ2) is 8.97. The fourth-order valence-corrected chi connectivity index (χ4v) is 4.36. The third kappa shape index (κ3) is 4.28. The van der Waals surface area contributed by atoms with Crippen LogP contribution in [0.1, 0.15) is 23.5 Å². The molecule has 0 aliphatic heterocycles. The van der Waals surface area contributed by atoms with Gasteiger partial charge < -0.3 is 14.8 Å². The molecule has 1 aromatic heterocycles. The van der Waals surface area contributed by atoms with Crippen molar-refractivity contribution in [3.63, 3.8) is 0 Å². The monoisotopic (exact) mass is 418 g/mol. The maximum Gasteiger partial charge on any atom is 0.227 e. The highest BCUT2D eigenvalue weighted by molar-refractivity contribution is 7.22. The standard InChI is InChI=1S/C24H22N2O3S/c1-28-20-14-19-22(15-21(20)29-2)30-24(25-19)26-23(27)13-18(16-9-5-3-6-10-16)17-11-7-4-8-12-17/h3-12,14-15,18H,13H2,1-2H3,(H,25,26,27). The molecule has 152 valence electrons. The van der Waals surface area contributed by atoms with Gasteiger partial charge in [0.15, 0.2) is 16.6 Å². The zero-order chi connectivity index (χ0) is 20.9. The second-order valence-corrected chi connectivity index (χ2v) is 7.85. The molecule has 0 spiro atoms. The predicted octanol–water partition coefficient (Wildman–Crippen LogP) is 5.47. The summed E-state index contributed by atoms with van der Waals surface area (Å²) < 4.78 is 11.6. The summed E-state index contributed by atoms with van der Waals surface area (Å²) in [7, 11) is 3.19. The number of ether oxygens (including phenoxy) is 2. The van der Waals surface area contributed by atoms with E-state index in [9.17, 15) is 4.79 Å². The Morgan fingerprint density at radius 3 is 2.07 bits per heavy atom. The van der Waals surface area contributed by atoms with Crippen molar-refractivity contribution in [2.75, 3.05) is 19.5 Å². The van der Waals surface area contributed by atoms with Crippen molar-refractivity contribution in [2.24, 2.45) is 0 Å². The van der Waals surface area contributed by atoms with Crippen LogP contribution >= 0.6 is 11.3 Å². The Bertz CT molecular complexity index is 1060. The van der Waals surface area contributed by atoms with Gasteiger partial charge in [0.25, 0.3) is 0 Å². The quantitative estimate of drug-likeness (QED) is 0.432. The van der Waals surface area contributed by atoms with Gasteiger partial charge in [-0.05, 0) is 11.1 Å². The molecule has 4 aromatic rings. The maximum atomic E-state index is 12.9. The Kier molecular flexibility index (Phi) is 5.95.